The summed E-state index contributed by atoms with van der Waals surface area (Å²) >= 11 is 1.71. The van der Waals surface area contributed by atoms with Gasteiger partial charge in [-0.15, -0.1) is 11.8 Å². The minimum Gasteiger partial charge on any atom is -0.396 e. The predicted octanol–water partition coefficient (Wildman–Crippen LogP) is 2.05. The molecule has 0 spiro atoms. The van der Waals surface area contributed by atoms with Gasteiger partial charge < -0.3 is 10.4 Å². The number of aliphatic hydroxyl groups is 1. The zero-order valence-corrected chi connectivity index (χ0v) is 10.8. The van der Waals surface area contributed by atoms with Crippen LogP contribution in [-0.2, 0) is 6.54 Å². The van der Waals surface area contributed by atoms with Gasteiger partial charge in [-0.05, 0) is 24.6 Å². The molecule has 0 saturated carbocycles. The Bertz CT molecular complexity index is 290. The highest BCUT2D eigenvalue weighted by molar-refractivity contribution is 7.99. The van der Waals surface area contributed by atoms with Crippen LogP contribution in [0.25, 0.3) is 0 Å². The fraction of sp³-hybridized carbons (Fsp3) is 0.583. The first-order chi connectivity index (χ1) is 7.76. The van der Waals surface area contributed by atoms with E-state index in [2.05, 4.69) is 30.2 Å². The van der Waals surface area contributed by atoms with Crippen LogP contribution in [0.4, 0.5) is 0 Å². The molecular weight excluding hydrogens is 220 g/mol. The summed E-state index contributed by atoms with van der Waals surface area (Å²) in [5, 5.41) is 13.5. The third-order valence-corrected chi connectivity index (χ3v) is 3.36. The summed E-state index contributed by atoms with van der Waals surface area (Å²) in [5.41, 5.74) is 1.21. The van der Waals surface area contributed by atoms with Gasteiger partial charge in [0.05, 0.1) is 5.03 Å². The van der Waals surface area contributed by atoms with Gasteiger partial charge in [-0.1, -0.05) is 19.9 Å². The largest absolute Gasteiger partial charge is 0.396 e. The minimum absolute atomic E-state index is 0.243. The SMILES string of the molecule is CCNCc1ccc(SC(C)CCO)nc1. The van der Waals surface area contributed by atoms with Crippen molar-refractivity contribution in [2.45, 2.75) is 37.1 Å². The molecule has 1 unspecified atom stereocenters. The second-order valence-electron chi connectivity index (χ2n) is 3.73. The molecule has 0 fully saturated rings. The van der Waals surface area contributed by atoms with Crippen LogP contribution >= 0.6 is 11.8 Å². The Morgan fingerprint density at radius 3 is 2.88 bits per heavy atom. The van der Waals surface area contributed by atoms with Crippen molar-refractivity contribution in [2.75, 3.05) is 13.2 Å². The zero-order chi connectivity index (χ0) is 11.8. The summed E-state index contributed by atoms with van der Waals surface area (Å²) < 4.78 is 0. The van der Waals surface area contributed by atoms with Crippen molar-refractivity contribution in [3.63, 3.8) is 0 Å². The molecule has 0 aliphatic carbocycles. The summed E-state index contributed by atoms with van der Waals surface area (Å²) in [7, 11) is 0. The summed E-state index contributed by atoms with van der Waals surface area (Å²) in [4.78, 5) is 4.40. The average molecular weight is 240 g/mol. The molecule has 0 saturated heterocycles. The lowest BCUT2D eigenvalue weighted by molar-refractivity contribution is 0.289. The number of aliphatic hydroxyl groups excluding tert-OH is 1. The van der Waals surface area contributed by atoms with Gasteiger partial charge in [-0.25, -0.2) is 4.98 Å². The molecule has 0 radical (unpaired) electrons. The van der Waals surface area contributed by atoms with E-state index in [0.717, 1.165) is 24.5 Å². The monoisotopic (exact) mass is 240 g/mol. The molecule has 0 bridgehead atoms. The molecule has 1 rings (SSSR count). The third-order valence-electron chi connectivity index (χ3n) is 2.23. The molecule has 4 heteroatoms. The first-order valence-corrected chi connectivity index (χ1v) is 6.57. The van der Waals surface area contributed by atoms with Crippen LogP contribution < -0.4 is 5.32 Å². The highest BCUT2D eigenvalue weighted by Crippen LogP contribution is 2.22. The van der Waals surface area contributed by atoms with Crippen molar-refractivity contribution < 1.29 is 5.11 Å². The van der Waals surface area contributed by atoms with Crippen molar-refractivity contribution in [1.82, 2.24) is 10.3 Å². The van der Waals surface area contributed by atoms with Crippen molar-refractivity contribution in [1.29, 1.82) is 0 Å². The highest BCUT2D eigenvalue weighted by atomic mass is 32.2. The van der Waals surface area contributed by atoms with Gasteiger partial charge in [0.1, 0.15) is 0 Å². The van der Waals surface area contributed by atoms with Crippen molar-refractivity contribution in [3.05, 3.63) is 23.9 Å². The van der Waals surface area contributed by atoms with Crippen LogP contribution in [0.5, 0.6) is 0 Å². The van der Waals surface area contributed by atoms with Gasteiger partial charge in [0.15, 0.2) is 0 Å². The zero-order valence-electron chi connectivity index (χ0n) is 9.94. The van der Waals surface area contributed by atoms with Crippen molar-refractivity contribution in [2.24, 2.45) is 0 Å². The summed E-state index contributed by atoms with van der Waals surface area (Å²) in [5.74, 6) is 0. The lowest BCUT2D eigenvalue weighted by Crippen LogP contribution is -2.11. The number of pyridine rings is 1. The predicted molar refractivity (Wildman–Crippen MR) is 68.6 cm³/mol. The Labute approximate surface area is 102 Å². The summed E-state index contributed by atoms with van der Waals surface area (Å²) in [6.45, 7) is 6.29. The van der Waals surface area contributed by atoms with Gasteiger partial charge in [0.25, 0.3) is 0 Å². The maximum atomic E-state index is 8.81. The molecule has 1 atom stereocenters. The maximum Gasteiger partial charge on any atom is 0.0962 e. The molecule has 0 aromatic carbocycles. The quantitative estimate of drug-likeness (QED) is 0.716. The number of hydrogen-bond acceptors (Lipinski definition) is 4. The Kier molecular flexibility index (Phi) is 6.45. The number of thioether (sulfide) groups is 1. The Balaban J connectivity index is 2.44. The second kappa shape index (κ2) is 7.65. The number of nitrogens with zero attached hydrogens (tertiary/aromatic N) is 1. The molecule has 1 aromatic heterocycles. The molecule has 2 N–H and O–H groups in total. The van der Waals surface area contributed by atoms with E-state index in [-0.39, 0.29) is 6.61 Å². The van der Waals surface area contributed by atoms with Crippen LogP contribution in [0.3, 0.4) is 0 Å². The van der Waals surface area contributed by atoms with Crippen LogP contribution in [0.1, 0.15) is 25.8 Å². The fourth-order valence-electron chi connectivity index (χ4n) is 1.30. The van der Waals surface area contributed by atoms with E-state index < -0.39 is 0 Å². The average Bonchev–Trinajstić information content (AvgIpc) is 2.28. The highest BCUT2D eigenvalue weighted by Gasteiger charge is 2.04. The van der Waals surface area contributed by atoms with Gasteiger partial charge >= 0.3 is 0 Å². The van der Waals surface area contributed by atoms with Crippen LogP contribution in [-0.4, -0.2) is 28.5 Å². The van der Waals surface area contributed by atoms with Gasteiger partial charge in [-0.3, -0.25) is 0 Å². The van der Waals surface area contributed by atoms with E-state index in [1.165, 1.54) is 5.56 Å². The second-order valence-corrected chi connectivity index (χ2v) is 5.18. The normalized spacial score (nSPS) is 12.7. The van der Waals surface area contributed by atoms with E-state index in [0.29, 0.717) is 5.25 Å². The topological polar surface area (TPSA) is 45.1 Å². The number of hydrogen-bond donors (Lipinski definition) is 2. The van der Waals surface area contributed by atoms with E-state index in [1.807, 2.05) is 12.3 Å². The fourth-order valence-corrected chi connectivity index (χ4v) is 2.20. The first kappa shape index (κ1) is 13.5. The maximum absolute atomic E-state index is 8.81. The molecule has 1 heterocycles. The standard InChI is InChI=1S/C12H20N2OS/c1-3-13-8-11-4-5-12(14-9-11)16-10(2)6-7-15/h4-5,9-10,13,15H,3,6-8H2,1-2H3. The van der Waals surface area contributed by atoms with Crippen LogP contribution in [0.2, 0.25) is 0 Å². The lowest BCUT2D eigenvalue weighted by Gasteiger charge is -2.09. The molecule has 0 aliphatic rings. The number of nitrogens with one attached hydrogen (secondary N) is 1. The van der Waals surface area contributed by atoms with Crippen LogP contribution in [0.15, 0.2) is 23.4 Å². The molecule has 16 heavy (non-hydrogen) atoms. The van der Waals surface area contributed by atoms with E-state index >= 15 is 0 Å². The molecule has 0 aliphatic heterocycles. The van der Waals surface area contributed by atoms with Crippen molar-refractivity contribution in [3.8, 4) is 0 Å². The molecule has 90 valence electrons. The lowest BCUT2D eigenvalue weighted by atomic mass is 10.3. The minimum atomic E-state index is 0.243. The van der Waals surface area contributed by atoms with Crippen LogP contribution in [0, 0.1) is 0 Å². The molecule has 0 amide bonds. The third kappa shape index (κ3) is 4.96. The Hall–Kier alpha value is -0.580. The van der Waals surface area contributed by atoms with Gasteiger partial charge in [0, 0.05) is 24.6 Å². The molecule has 3 nitrogen and oxygen atoms in total. The van der Waals surface area contributed by atoms with Gasteiger partial charge in [0.2, 0.25) is 0 Å². The Morgan fingerprint density at radius 1 is 1.50 bits per heavy atom. The number of rotatable bonds is 7. The van der Waals surface area contributed by atoms with Gasteiger partial charge in [-0.2, -0.15) is 0 Å². The molecule has 1 aromatic rings. The van der Waals surface area contributed by atoms with E-state index in [4.69, 9.17) is 5.11 Å². The summed E-state index contributed by atoms with van der Waals surface area (Å²) in [6, 6.07) is 4.15. The van der Waals surface area contributed by atoms with E-state index in [1.54, 1.807) is 11.8 Å². The Morgan fingerprint density at radius 2 is 2.31 bits per heavy atom. The smallest absolute Gasteiger partial charge is 0.0962 e. The summed E-state index contributed by atoms with van der Waals surface area (Å²) in [6.07, 6.45) is 2.72. The van der Waals surface area contributed by atoms with E-state index in [9.17, 15) is 0 Å². The van der Waals surface area contributed by atoms with Crippen molar-refractivity contribution >= 4 is 11.8 Å². The number of aromatic nitrogens is 1. The first-order valence-electron chi connectivity index (χ1n) is 5.69. The molecular formula is C12H20N2OS.